The molecular weight excluding hydrogens is 242 g/mol. The van der Waals surface area contributed by atoms with Gasteiger partial charge in [0.25, 0.3) is 0 Å². The molecule has 0 radical (unpaired) electrons. The third kappa shape index (κ3) is 2.01. The number of aromatic nitrogens is 2. The van der Waals surface area contributed by atoms with E-state index < -0.39 is 5.97 Å². The van der Waals surface area contributed by atoms with E-state index in [1.165, 1.54) is 0 Å². The minimum absolute atomic E-state index is 0.212. The normalized spacial score (nSPS) is 17.2. The molecule has 0 amide bonds. The number of anilines is 1. The first-order chi connectivity index (χ1) is 9.16. The quantitative estimate of drug-likeness (QED) is 0.908. The highest BCUT2D eigenvalue weighted by atomic mass is 16.4. The summed E-state index contributed by atoms with van der Waals surface area (Å²) in [5, 5.41) is 18.2. The maximum atomic E-state index is 10.9. The highest BCUT2D eigenvalue weighted by molar-refractivity contribution is 5.91. The summed E-state index contributed by atoms with van der Waals surface area (Å²) >= 11 is 0. The van der Waals surface area contributed by atoms with Gasteiger partial charge in [-0.1, -0.05) is 25.1 Å². The number of benzene rings is 1. The van der Waals surface area contributed by atoms with Crippen molar-refractivity contribution >= 4 is 22.6 Å². The molecule has 19 heavy (non-hydrogen) atoms. The van der Waals surface area contributed by atoms with Crippen molar-refractivity contribution in [2.24, 2.45) is 11.8 Å². The zero-order valence-electron chi connectivity index (χ0n) is 10.7. The van der Waals surface area contributed by atoms with Gasteiger partial charge >= 0.3 is 5.97 Å². The van der Waals surface area contributed by atoms with Gasteiger partial charge < -0.3 is 10.0 Å². The number of hydrogen-bond acceptors (Lipinski definition) is 4. The van der Waals surface area contributed by atoms with Crippen LogP contribution in [0.4, 0.5) is 5.69 Å². The Balaban J connectivity index is 1.83. The lowest BCUT2D eigenvalue weighted by Gasteiger charge is -2.43. The smallest absolute Gasteiger partial charge is 0.306 e. The lowest BCUT2D eigenvalue weighted by atomic mass is 9.86. The van der Waals surface area contributed by atoms with E-state index in [2.05, 4.69) is 15.1 Å². The molecule has 1 fully saturated rings. The van der Waals surface area contributed by atoms with E-state index in [9.17, 15) is 4.79 Å². The van der Waals surface area contributed by atoms with Crippen molar-refractivity contribution in [3.05, 3.63) is 30.5 Å². The molecule has 2 heterocycles. The predicted octanol–water partition coefficient (Wildman–Crippen LogP) is 1.79. The Kier molecular flexibility index (Phi) is 2.81. The van der Waals surface area contributed by atoms with E-state index in [4.69, 9.17) is 5.11 Å². The molecule has 0 saturated carbocycles. The Bertz CT molecular complexity index is 618. The fourth-order valence-corrected chi connectivity index (χ4v) is 2.47. The van der Waals surface area contributed by atoms with Gasteiger partial charge in [-0.2, -0.15) is 10.2 Å². The first kappa shape index (κ1) is 11.9. The number of fused-ring (bicyclic) bond motifs is 1. The average molecular weight is 257 g/mol. The Morgan fingerprint density at radius 1 is 1.42 bits per heavy atom. The molecule has 0 aliphatic carbocycles. The second-order valence-electron chi connectivity index (χ2n) is 5.04. The molecule has 98 valence electrons. The molecule has 1 unspecified atom stereocenters. The number of carbonyl (C=O) groups is 1. The highest BCUT2D eigenvalue weighted by Crippen LogP contribution is 2.32. The topological polar surface area (TPSA) is 66.3 Å². The van der Waals surface area contributed by atoms with Gasteiger partial charge in [0.2, 0.25) is 0 Å². The molecule has 1 aliphatic rings. The van der Waals surface area contributed by atoms with Crippen LogP contribution in [-0.4, -0.2) is 34.4 Å². The van der Waals surface area contributed by atoms with Crippen molar-refractivity contribution in [3.8, 4) is 0 Å². The summed E-state index contributed by atoms with van der Waals surface area (Å²) in [6.07, 6.45) is 1.75. The highest BCUT2D eigenvalue weighted by Gasteiger charge is 2.35. The van der Waals surface area contributed by atoms with Crippen molar-refractivity contribution < 1.29 is 9.90 Å². The largest absolute Gasteiger partial charge is 0.481 e. The van der Waals surface area contributed by atoms with Gasteiger partial charge in [-0.25, -0.2) is 0 Å². The fraction of sp³-hybridized carbons (Fsp3) is 0.357. The van der Waals surface area contributed by atoms with Crippen molar-refractivity contribution in [2.45, 2.75) is 6.92 Å². The van der Waals surface area contributed by atoms with Gasteiger partial charge in [-0.15, -0.1) is 0 Å². The van der Waals surface area contributed by atoms with Crippen LogP contribution < -0.4 is 4.90 Å². The number of aliphatic carboxylic acids is 1. The molecule has 2 aromatic rings. The lowest BCUT2D eigenvalue weighted by Crippen LogP contribution is -2.51. The second-order valence-corrected chi connectivity index (χ2v) is 5.04. The number of nitrogens with zero attached hydrogens (tertiary/aromatic N) is 3. The fourth-order valence-electron chi connectivity index (χ4n) is 2.47. The first-order valence-corrected chi connectivity index (χ1v) is 6.35. The van der Waals surface area contributed by atoms with Gasteiger partial charge in [-0.05, 0) is 6.07 Å². The van der Waals surface area contributed by atoms with Crippen LogP contribution in [0, 0.1) is 11.8 Å². The summed E-state index contributed by atoms with van der Waals surface area (Å²) in [6, 6.07) is 7.87. The van der Waals surface area contributed by atoms with Gasteiger partial charge in [0.05, 0.1) is 23.3 Å². The molecule has 1 aromatic carbocycles. The average Bonchev–Trinajstić information content (AvgIpc) is 2.37. The standard InChI is InChI=1S/C14H15N3O2/c1-9(14(18)19)10-7-17(8-10)13-6-15-16-12-5-3-2-4-11(12)13/h2-6,9-10H,7-8H2,1H3,(H,18,19). The van der Waals surface area contributed by atoms with Crippen molar-refractivity contribution in [1.82, 2.24) is 10.2 Å². The van der Waals surface area contributed by atoms with E-state index in [-0.39, 0.29) is 11.8 Å². The molecule has 5 nitrogen and oxygen atoms in total. The van der Waals surface area contributed by atoms with Gasteiger partial charge in [0, 0.05) is 24.4 Å². The summed E-state index contributed by atoms with van der Waals surface area (Å²) in [5.41, 5.74) is 1.91. The third-order valence-corrected chi connectivity index (χ3v) is 3.87. The summed E-state index contributed by atoms with van der Waals surface area (Å²) in [4.78, 5) is 13.1. The summed E-state index contributed by atoms with van der Waals surface area (Å²) < 4.78 is 0. The van der Waals surface area contributed by atoms with E-state index in [1.54, 1.807) is 13.1 Å². The molecular formula is C14H15N3O2. The Morgan fingerprint density at radius 2 is 2.16 bits per heavy atom. The van der Waals surface area contributed by atoms with Crippen LogP contribution in [-0.2, 0) is 4.79 Å². The molecule has 1 N–H and O–H groups in total. The van der Waals surface area contributed by atoms with E-state index in [0.29, 0.717) is 0 Å². The van der Waals surface area contributed by atoms with Gasteiger partial charge in [0.15, 0.2) is 0 Å². The van der Waals surface area contributed by atoms with E-state index >= 15 is 0 Å². The minimum Gasteiger partial charge on any atom is -0.481 e. The number of rotatable bonds is 3. The summed E-state index contributed by atoms with van der Waals surface area (Å²) in [5.74, 6) is -0.802. The number of hydrogen-bond donors (Lipinski definition) is 1. The SMILES string of the molecule is CC(C(=O)O)C1CN(c2cnnc3ccccc23)C1. The zero-order valence-corrected chi connectivity index (χ0v) is 10.7. The Hall–Kier alpha value is -2.17. The van der Waals surface area contributed by atoms with E-state index in [0.717, 1.165) is 29.7 Å². The van der Waals surface area contributed by atoms with Crippen LogP contribution >= 0.6 is 0 Å². The maximum Gasteiger partial charge on any atom is 0.306 e. The molecule has 1 aliphatic heterocycles. The number of carboxylic acid groups (broad SMARTS) is 1. The number of carboxylic acids is 1. The minimum atomic E-state index is -0.720. The Morgan fingerprint density at radius 3 is 2.89 bits per heavy atom. The summed E-state index contributed by atoms with van der Waals surface area (Å²) in [7, 11) is 0. The molecule has 5 heteroatoms. The lowest BCUT2D eigenvalue weighted by molar-refractivity contribution is -0.143. The summed E-state index contributed by atoms with van der Waals surface area (Å²) in [6.45, 7) is 3.31. The van der Waals surface area contributed by atoms with Gasteiger partial charge in [-0.3, -0.25) is 4.79 Å². The molecule has 1 atom stereocenters. The van der Waals surface area contributed by atoms with Crippen LogP contribution in [0.15, 0.2) is 30.5 Å². The molecule has 3 rings (SSSR count). The first-order valence-electron chi connectivity index (χ1n) is 6.35. The molecule has 1 saturated heterocycles. The Labute approximate surface area is 110 Å². The van der Waals surface area contributed by atoms with Gasteiger partial charge in [0.1, 0.15) is 0 Å². The van der Waals surface area contributed by atoms with Crippen molar-refractivity contribution in [3.63, 3.8) is 0 Å². The predicted molar refractivity (Wildman–Crippen MR) is 72.0 cm³/mol. The van der Waals surface area contributed by atoms with Crippen LogP contribution in [0.2, 0.25) is 0 Å². The van der Waals surface area contributed by atoms with Crippen molar-refractivity contribution in [1.29, 1.82) is 0 Å². The van der Waals surface area contributed by atoms with Crippen LogP contribution in [0.3, 0.4) is 0 Å². The zero-order chi connectivity index (χ0) is 13.4. The molecule has 1 aromatic heterocycles. The second kappa shape index (κ2) is 4.50. The van der Waals surface area contributed by atoms with Crippen LogP contribution in [0.1, 0.15) is 6.92 Å². The maximum absolute atomic E-state index is 10.9. The third-order valence-electron chi connectivity index (χ3n) is 3.87. The monoisotopic (exact) mass is 257 g/mol. The van der Waals surface area contributed by atoms with Crippen LogP contribution in [0.5, 0.6) is 0 Å². The van der Waals surface area contributed by atoms with Crippen LogP contribution in [0.25, 0.3) is 10.9 Å². The van der Waals surface area contributed by atoms with Crippen molar-refractivity contribution in [2.75, 3.05) is 18.0 Å². The molecule has 0 bridgehead atoms. The van der Waals surface area contributed by atoms with E-state index in [1.807, 2.05) is 24.3 Å². The molecule has 0 spiro atoms.